The molecule has 2 aliphatic heterocycles. The molecule has 0 saturated carbocycles. The summed E-state index contributed by atoms with van der Waals surface area (Å²) in [6.07, 6.45) is 3.58. The molecule has 2 saturated heterocycles. The van der Waals surface area contributed by atoms with Crippen LogP contribution in [0.5, 0.6) is 0 Å². The van der Waals surface area contributed by atoms with Crippen molar-refractivity contribution in [3.63, 3.8) is 0 Å². The maximum atomic E-state index is 9.75. The van der Waals surface area contributed by atoms with Crippen LogP contribution in [-0.4, -0.2) is 73.5 Å². The summed E-state index contributed by atoms with van der Waals surface area (Å²) in [5.41, 5.74) is 0. The minimum Gasteiger partial charge on any atom is -0.389 e. The van der Waals surface area contributed by atoms with Crippen molar-refractivity contribution in [1.82, 2.24) is 9.80 Å². The predicted molar refractivity (Wildman–Crippen MR) is 63.5 cm³/mol. The molecular formula is C12H24N2O2. The molecule has 0 radical (unpaired) electrons. The number of fused-ring (bicyclic) bond motifs is 2. The van der Waals surface area contributed by atoms with Crippen LogP contribution in [0.4, 0.5) is 0 Å². The van der Waals surface area contributed by atoms with Crippen LogP contribution in [0.2, 0.25) is 0 Å². The Morgan fingerprint density at radius 1 is 1.31 bits per heavy atom. The molecular weight excluding hydrogens is 204 g/mol. The van der Waals surface area contributed by atoms with Gasteiger partial charge in [-0.1, -0.05) is 0 Å². The molecule has 2 bridgehead atoms. The zero-order chi connectivity index (χ0) is 11.5. The van der Waals surface area contributed by atoms with Gasteiger partial charge in [-0.25, -0.2) is 0 Å². The Labute approximate surface area is 98.2 Å². The number of hydrogen-bond donors (Lipinski definition) is 1. The molecule has 0 amide bonds. The monoisotopic (exact) mass is 228 g/mol. The number of rotatable bonds is 4. The summed E-state index contributed by atoms with van der Waals surface area (Å²) in [5, 5.41) is 9.75. The van der Waals surface area contributed by atoms with Gasteiger partial charge in [-0.2, -0.15) is 0 Å². The Kier molecular flexibility index (Phi) is 4.19. The number of nitrogens with zero attached hydrogens (tertiary/aromatic N) is 2. The van der Waals surface area contributed by atoms with Gasteiger partial charge in [-0.3, -0.25) is 9.80 Å². The van der Waals surface area contributed by atoms with E-state index in [-0.39, 0.29) is 6.10 Å². The van der Waals surface area contributed by atoms with E-state index in [9.17, 15) is 5.11 Å². The van der Waals surface area contributed by atoms with Crippen LogP contribution in [0, 0.1) is 0 Å². The lowest BCUT2D eigenvalue weighted by molar-refractivity contribution is 0.0358. The summed E-state index contributed by atoms with van der Waals surface area (Å²) in [7, 11) is 3.89. The first-order chi connectivity index (χ1) is 7.70. The highest BCUT2D eigenvalue weighted by Gasteiger charge is 2.34. The van der Waals surface area contributed by atoms with Gasteiger partial charge in [-0.05, 0) is 32.9 Å². The van der Waals surface area contributed by atoms with Crippen LogP contribution in [0.1, 0.15) is 19.3 Å². The number of β-amino-alcohol motifs (C(OH)–C–C–N with tert-alkyl or cyclic N) is 1. The van der Waals surface area contributed by atoms with Crippen molar-refractivity contribution in [3.05, 3.63) is 0 Å². The maximum absolute atomic E-state index is 9.75. The normalized spacial score (nSPS) is 33.9. The molecule has 2 rings (SSSR count). The van der Waals surface area contributed by atoms with E-state index in [1.165, 1.54) is 19.3 Å². The van der Waals surface area contributed by atoms with E-state index >= 15 is 0 Å². The fraction of sp³-hybridized carbons (Fsp3) is 1.00. The second kappa shape index (κ2) is 5.45. The molecule has 0 spiro atoms. The molecule has 94 valence electrons. The lowest BCUT2D eigenvalue weighted by Crippen LogP contribution is -2.40. The average Bonchev–Trinajstić information content (AvgIpc) is 2.47. The molecule has 2 fully saturated rings. The van der Waals surface area contributed by atoms with Crippen molar-refractivity contribution < 1.29 is 9.84 Å². The van der Waals surface area contributed by atoms with E-state index in [2.05, 4.69) is 16.8 Å². The highest BCUT2D eigenvalue weighted by Crippen LogP contribution is 2.28. The standard InChI is InChI=1S/C12H24N2O2/c1-13-10-3-4-11(13)7-14(6-5-10)8-12(15)9-16-2/h10-12,15H,3-9H2,1-2H3. The van der Waals surface area contributed by atoms with E-state index in [1.54, 1.807) is 7.11 Å². The first-order valence-corrected chi connectivity index (χ1v) is 6.32. The van der Waals surface area contributed by atoms with Crippen LogP contribution in [0.25, 0.3) is 0 Å². The topological polar surface area (TPSA) is 35.9 Å². The highest BCUT2D eigenvalue weighted by atomic mass is 16.5. The summed E-state index contributed by atoms with van der Waals surface area (Å²) in [5.74, 6) is 0. The van der Waals surface area contributed by atoms with E-state index in [1.807, 2.05) is 0 Å². The molecule has 2 heterocycles. The fourth-order valence-electron chi connectivity index (χ4n) is 3.09. The minimum absolute atomic E-state index is 0.341. The molecule has 1 N–H and O–H groups in total. The van der Waals surface area contributed by atoms with E-state index < -0.39 is 0 Å². The van der Waals surface area contributed by atoms with E-state index in [0.29, 0.717) is 12.6 Å². The van der Waals surface area contributed by atoms with Crippen LogP contribution < -0.4 is 0 Å². The van der Waals surface area contributed by atoms with Gasteiger partial charge in [-0.15, -0.1) is 0 Å². The number of likely N-dealkylation sites (tertiary alicyclic amines) is 1. The molecule has 0 aromatic carbocycles. The molecule has 0 aromatic heterocycles. The highest BCUT2D eigenvalue weighted by molar-refractivity contribution is 4.91. The van der Waals surface area contributed by atoms with Crippen molar-refractivity contribution in [2.24, 2.45) is 0 Å². The number of hydrogen-bond acceptors (Lipinski definition) is 4. The van der Waals surface area contributed by atoms with Crippen molar-refractivity contribution in [3.8, 4) is 0 Å². The molecule has 2 aliphatic rings. The first kappa shape index (κ1) is 12.3. The quantitative estimate of drug-likeness (QED) is 0.744. The molecule has 4 nitrogen and oxygen atoms in total. The second-order valence-electron chi connectivity index (χ2n) is 5.21. The summed E-state index contributed by atoms with van der Waals surface area (Å²) >= 11 is 0. The van der Waals surface area contributed by atoms with Gasteiger partial charge in [0, 0.05) is 32.3 Å². The number of methoxy groups -OCH3 is 1. The molecule has 0 aromatic rings. The molecule has 0 aliphatic carbocycles. The van der Waals surface area contributed by atoms with Gasteiger partial charge in [0.15, 0.2) is 0 Å². The van der Waals surface area contributed by atoms with E-state index in [0.717, 1.165) is 25.7 Å². The van der Waals surface area contributed by atoms with Gasteiger partial charge in [0.25, 0.3) is 0 Å². The summed E-state index contributed by atoms with van der Waals surface area (Å²) in [4.78, 5) is 4.92. The van der Waals surface area contributed by atoms with Crippen molar-refractivity contribution in [2.75, 3.05) is 40.4 Å². The third-order valence-electron chi connectivity index (χ3n) is 4.06. The van der Waals surface area contributed by atoms with Gasteiger partial charge in [0.1, 0.15) is 0 Å². The number of aliphatic hydroxyl groups is 1. The predicted octanol–water partition coefficient (Wildman–Crippen LogP) is 0.162. The Morgan fingerprint density at radius 2 is 2.06 bits per heavy atom. The van der Waals surface area contributed by atoms with Crippen LogP contribution in [0.3, 0.4) is 0 Å². The summed E-state index contributed by atoms with van der Waals surface area (Å²) in [6, 6.07) is 1.47. The Hall–Kier alpha value is -0.160. The second-order valence-corrected chi connectivity index (χ2v) is 5.21. The Balaban J connectivity index is 1.84. The van der Waals surface area contributed by atoms with Gasteiger partial charge in [0.2, 0.25) is 0 Å². The van der Waals surface area contributed by atoms with Crippen molar-refractivity contribution in [1.29, 1.82) is 0 Å². The molecule has 3 unspecified atom stereocenters. The summed E-state index contributed by atoms with van der Waals surface area (Å²) < 4.78 is 4.97. The number of likely N-dealkylation sites (N-methyl/N-ethyl adjacent to an activating group) is 1. The fourth-order valence-corrected chi connectivity index (χ4v) is 3.09. The van der Waals surface area contributed by atoms with Gasteiger partial charge < -0.3 is 9.84 Å². The summed E-state index contributed by atoms with van der Waals surface area (Å²) in [6.45, 7) is 3.42. The Morgan fingerprint density at radius 3 is 2.81 bits per heavy atom. The van der Waals surface area contributed by atoms with Crippen molar-refractivity contribution in [2.45, 2.75) is 37.5 Å². The SMILES string of the molecule is COCC(O)CN1CCC2CCC(C1)N2C. The third kappa shape index (κ3) is 2.74. The van der Waals surface area contributed by atoms with E-state index in [4.69, 9.17) is 4.74 Å². The van der Waals surface area contributed by atoms with Crippen molar-refractivity contribution >= 4 is 0 Å². The van der Waals surface area contributed by atoms with Gasteiger partial charge in [0.05, 0.1) is 12.7 Å². The lowest BCUT2D eigenvalue weighted by atomic mass is 10.1. The van der Waals surface area contributed by atoms with Crippen LogP contribution >= 0.6 is 0 Å². The van der Waals surface area contributed by atoms with Crippen LogP contribution in [0.15, 0.2) is 0 Å². The van der Waals surface area contributed by atoms with Gasteiger partial charge >= 0.3 is 0 Å². The average molecular weight is 228 g/mol. The zero-order valence-corrected chi connectivity index (χ0v) is 10.4. The largest absolute Gasteiger partial charge is 0.389 e. The molecule has 4 heteroatoms. The third-order valence-corrected chi connectivity index (χ3v) is 4.06. The zero-order valence-electron chi connectivity index (χ0n) is 10.4. The Bertz CT molecular complexity index is 225. The molecule has 3 atom stereocenters. The minimum atomic E-state index is -0.341. The first-order valence-electron chi connectivity index (χ1n) is 6.32. The number of ether oxygens (including phenoxy) is 1. The smallest absolute Gasteiger partial charge is 0.0900 e. The lowest BCUT2D eigenvalue weighted by Gasteiger charge is -2.27. The van der Waals surface area contributed by atoms with Crippen LogP contribution in [-0.2, 0) is 4.74 Å². The molecule has 16 heavy (non-hydrogen) atoms. The maximum Gasteiger partial charge on any atom is 0.0900 e. The number of aliphatic hydroxyl groups excluding tert-OH is 1.